The van der Waals surface area contributed by atoms with Crippen molar-refractivity contribution in [3.05, 3.63) is 65.2 Å². The maximum atomic E-state index is 12.0. The van der Waals surface area contributed by atoms with Crippen molar-refractivity contribution in [3.63, 3.8) is 0 Å². The quantitative estimate of drug-likeness (QED) is 0.317. The summed E-state index contributed by atoms with van der Waals surface area (Å²) in [4.78, 5) is 34.9. The summed E-state index contributed by atoms with van der Waals surface area (Å²) in [5, 5.41) is 0. The van der Waals surface area contributed by atoms with Crippen molar-refractivity contribution in [1.82, 2.24) is 0 Å². The topological polar surface area (TPSA) is 69.7 Å². The summed E-state index contributed by atoms with van der Waals surface area (Å²) in [5.41, 5.74) is 1.86. The maximum Gasteiger partial charge on any atom is 0.343 e. The Morgan fingerprint density at radius 3 is 2.08 bits per heavy atom. The molecule has 0 saturated carbocycles. The number of halogens is 1. The van der Waals surface area contributed by atoms with Gasteiger partial charge in [0.25, 0.3) is 0 Å². The lowest BCUT2D eigenvalue weighted by Gasteiger charge is -2.07. The van der Waals surface area contributed by atoms with Crippen LogP contribution >= 0.6 is 15.9 Å². The molecule has 2 rings (SSSR count). The van der Waals surface area contributed by atoms with Gasteiger partial charge in [0.2, 0.25) is 0 Å². The molecule has 0 unspecified atom stereocenters. The van der Waals surface area contributed by atoms with Crippen LogP contribution in [0.5, 0.6) is 5.75 Å². The van der Waals surface area contributed by atoms with Crippen molar-refractivity contribution < 1.29 is 23.9 Å². The van der Waals surface area contributed by atoms with Gasteiger partial charge in [-0.1, -0.05) is 33.6 Å². The second kappa shape index (κ2) is 8.58. The van der Waals surface area contributed by atoms with E-state index in [1.807, 2.05) is 19.1 Å². The average molecular weight is 405 g/mol. The smallest absolute Gasteiger partial charge is 0.343 e. The number of rotatable bonds is 6. The van der Waals surface area contributed by atoms with Crippen molar-refractivity contribution in [1.29, 1.82) is 0 Å². The molecule has 130 valence electrons. The van der Waals surface area contributed by atoms with Crippen LogP contribution < -0.4 is 4.74 Å². The Morgan fingerprint density at radius 1 is 0.960 bits per heavy atom. The van der Waals surface area contributed by atoms with Gasteiger partial charge >= 0.3 is 11.9 Å². The van der Waals surface area contributed by atoms with E-state index < -0.39 is 16.8 Å². The lowest BCUT2D eigenvalue weighted by Crippen LogP contribution is -2.19. The number of carbonyl (C=O) groups excluding carboxylic acids is 3. The molecule has 2 aromatic carbocycles. The molecular weight excluding hydrogens is 388 g/mol. The number of benzene rings is 2. The standard InChI is InChI=1S/C19H17BrO5/c1-12-3-5-15(6-4-12)19(23)25-16-9-7-14(8-10-16)17(21)11-24-18(22)13(2)20/h3-10,13H,11H2,1-2H3/t13-/m0/s1. The third kappa shape index (κ3) is 5.53. The number of Topliss-reactive ketones (excluding diaryl/α,β-unsaturated/α-hetero) is 1. The van der Waals surface area contributed by atoms with Crippen molar-refractivity contribution in [2.24, 2.45) is 0 Å². The van der Waals surface area contributed by atoms with E-state index in [0.717, 1.165) is 5.56 Å². The lowest BCUT2D eigenvalue weighted by atomic mass is 10.1. The Kier molecular flexibility index (Phi) is 6.47. The number of alkyl halides is 1. The van der Waals surface area contributed by atoms with Gasteiger partial charge in [-0.25, -0.2) is 4.79 Å². The fraction of sp³-hybridized carbons (Fsp3) is 0.211. The zero-order valence-electron chi connectivity index (χ0n) is 13.8. The molecule has 0 heterocycles. The molecule has 0 radical (unpaired) electrons. The minimum Gasteiger partial charge on any atom is -0.456 e. The molecule has 0 aromatic heterocycles. The highest BCUT2D eigenvalue weighted by molar-refractivity contribution is 9.10. The van der Waals surface area contributed by atoms with Crippen LogP contribution in [0.4, 0.5) is 0 Å². The Bertz CT molecular complexity index is 763. The second-order valence-corrected chi connectivity index (χ2v) is 6.80. The summed E-state index contributed by atoms with van der Waals surface area (Å²) >= 11 is 3.07. The fourth-order valence-corrected chi connectivity index (χ4v) is 2.03. The van der Waals surface area contributed by atoms with Gasteiger partial charge in [-0.2, -0.15) is 0 Å². The van der Waals surface area contributed by atoms with Gasteiger partial charge in [-0.05, 0) is 50.2 Å². The molecule has 2 aromatic rings. The molecule has 0 saturated heterocycles. The molecule has 0 N–H and O–H groups in total. The van der Waals surface area contributed by atoms with E-state index in [4.69, 9.17) is 9.47 Å². The summed E-state index contributed by atoms with van der Waals surface area (Å²) in [7, 11) is 0. The van der Waals surface area contributed by atoms with E-state index in [2.05, 4.69) is 15.9 Å². The summed E-state index contributed by atoms with van der Waals surface area (Å²) in [6.07, 6.45) is 0. The van der Waals surface area contributed by atoms with E-state index >= 15 is 0 Å². The predicted molar refractivity (Wildman–Crippen MR) is 96.3 cm³/mol. The zero-order chi connectivity index (χ0) is 18.4. The van der Waals surface area contributed by atoms with Crippen LogP contribution in [0, 0.1) is 6.92 Å². The zero-order valence-corrected chi connectivity index (χ0v) is 15.4. The summed E-state index contributed by atoms with van der Waals surface area (Å²) in [6, 6.07) is 13.1. The first kappa shape index (κ1) is 18.9. The van der Waals surface area contributed by atoms with E-state index in [0.29, 0.717) is 16.9 Å². The SMILES string of the molecule is Cc1ccc(C(=O)Oc2ccc(C(=O)COC(=O)[C@H](C)Br)cc2)cc1. The normalized spacial score (nSPS) is 11.5. The number of carbonyl (C=O) groups is 3. The van der Waals surface area contributed by atoms with Gasteiger partial charge in [0.15, 0.2) is 12.4 Å². The number of hydrogen-bond donors (Lipinski definition) is 0. The second-order valence-electron chi connectivity index (χ2n) is 5.43. The van der Waals surface area contributed by atoms with Gasteiger partial charge in [-0.15, -0.1) is 0 Å². The van der Waals surface area contributed by atoms with Gasteiger partial charge in [0.1, 0.15) is 10.6 Å². The van der Waals surface area contributed by atoms with Gasteiger partial charge in [-0.3, -0.25) is 9.59 Å². The monoisotopic (exact) mass is 404 g/mol. The van der Waals surface area contributed by atoms with Crippen LogP contribution in [0.3, 0.4) is 0 Å². The van der Waals surface area contributed by atoms with Crippen molar-refractivity contribution in [2.45, 2.75) is 18.7 Å². The molecule has 0 spiro atoms. The molecule has 1 atom stereocenters. The molecule has 6 heteroatoms. The number of esters is 2. The minimum atomic E-state index is -0.503. The maximum absolute atomic E-state index is 12.0. The van der Waals surface area contributed by atoms with Crippen LogP contribution in [0.2, 0.25) is 0 Å². The van der Waals surface area contributed by atoms with Crippen LogP contribution in [0.15, 0.2) is 48.5 Å². The molecule has 0 aliphatic rings. The number of hydrogen-bond acceptors (Lipinski definition) is 5. The van der Waals surface area contributed by atoms with Crippen molar-refractivity contribution in [3.8, 4) is 5.75 Å². The Balaban J connectivity index is 1.95. The van der Waals surface area contributed by atoms with Gasteiger partial charge < -0.3 is 9.47 Å². The molecule has 0 amide bonds. The molecule has 5 nitrogen and oxygen atoms in total. The first-order valence-electron chi connectivity index (χ1n) is 7.59. The highest BCUT2D eigenvalue weighted by Gasteiger charge is 2.14. The number of ether oxygens (including phenoxy) is 2. The Hall–Kier alpha value is -2.47. The van der Waals surface area contributed by atoms with Crippen molar-refractivity contribution >= 4 is 33.7 Å². The summed E-state index contributed by atoms with van der Waals surface area (Å²) in [5.74, 6) is -0.984. The molecule has 0 fully saturated rings. The molecule has 0 aliphatic carbocycles. The van der Waals surface area contributed by atoms with Crippen LogP contribution in [0.25, 0.3) is 0 Å². The van der Waals surface area contributed by atoms with Gasteiger partial charge in [0.05, 0.1) is 5.56 Å². The van der Waals surface area contributed by atoms with Crippen LogP contribution in [0.1, 0.15) is 33.2 Å². The van der Waals surface area contributed by atoms with E-state index in [1.54, 1.807) is 19.1 Å². The highest BCUT2D eigenvalue weighted by atomic mass is 79.9. The van der Waals surface area contributed by atoms with E-state index in [1.165, 1.54) is 24.3 Å². The molecule has 25 heavy (non-hydrogen) atoms. The third-order valence-electron chi connectivity index (χ3n) is 3.34. The fourth-order valence-electron chi connectivity index (χ4n) is 1.90. The summed E-state index contributed by atoms with van der Waals surface area (Å²) < 4.78 is 10.1. The van der Waals surface area contributed by atoms with E-state index in [9.17, 15) is 14.4 Å². The lowest BCUT2D eigenvalue weighted by molar-refractivity contribution is -0.141. The number of aryl methyl sites for hydroxylation is 1. The van der Waals surface area contributed by atoms with Gasteiger partial charge in [0, 0.05) is 5.56 Å². The predicted octanol–water partition coefficient (Wildman–Crippen LogP) is 3.72. The Labute approximate surface area is 154 Å². The average Bonchev–Trinajstić information content (AvgIpc) is 2.60. The van der Waals surface area contributed by atoms with Crippen molar-refractivity contribution in [2.75, 3.05) is 6.61 Å². The van der Waals surface area contributed by atoms with Crippen LogP contribution in [-0.2, 0) is 9.53 Å². The molecular formula is C19H17BrO5. The Morgan fingerprint density at radius 2 is 1.52 bits per heavy atom. The highest BCUT2D eigenvalue weighted by Crippen LogP contribution is 2.15. The number of ketones is 1. The molecule has 0 bridgehead atoms. The first-order chi connectivity index (χ1) is 11.9. The first-order valence-corrected chi connectivity index (χ1v) is 8.51. The molecule has 0 aliphatic heterocycles. The van der Waals surface area contributed by atoms with Crippen LogP contribution in [-0.4, -0.2) is 29.2 Å². The van der Waals surface area contributed by atoms with E-state index in [-0.39, 0.29) is 12.4 Å². The largest absolute Gasteiger partial charge is 0.456 e. The third-order valence-corrected chi connectivity index (χ3v) is 3.72. The minimum absolute atomic E-state index is 0.327. The summed E-state index contributed by atoms with van der Waals surface area (Å²) in [6.45, 7) is 3.21.